The second-order valence-corrected chi connectivity index (χ2v) is 7.98. The highest BCUT2D eigenvalue weighted by atomic mass is 16.5. The Morgan fingerprint density at radius 3 is 2.66 bits per heavy atom. The second-order valence-electron chi connectivity index (χ2n) is 7.98. The van der Waals surface area contributed by atoms with E-state index in [4.69, 9.17) is 4.74 Å². The van der Waals surface area contributed by atoms with Crippen molar-refractivity contribution in [2.75, 3.05) is 24.5 Å². The first-order valence-corrected chi connectivity index (χ1v) is 11.2. The van der Waals surface area contributed by atoms with Crippen molar-refractivity contribution in [1.29, 1.82) is 0 Å². The zero-order chi connectivity index (χ0) is 22.2. The molecular formula is C25H29N5O2. The molecule has 0 bridgehead atoms. The minimum absolute atomic E-state index is 0.0368. The number of carbonyl (C=O) groups excluding carboxylic acids is 1. The summed E-state index contributed by atoms with van der Waals surface area (Å²) in [7, 11) is 0. The first kappa shape index (κ1) is 21.7. The molecule has 1 N–H and O–H groups in total. The summed E-state index contributed by atoms with van der Waals surface area (Å²) in [5.74, 6) is 2.28. The van der Waals surface area contributed by atoms with Crippen LogP contribution in [0.1, 0.15) is 30.9 Å². The van der Waals surface area contributed by atoms with Crippen LogP contribution in [0.2, 0.25) is 0 Å². The number of rotatable bonds is 8. The van der Waals surface area contributed by atoms with Crippen molar-refractivity contribution in [3.05, 3.63) is 72.3 Å². The van der Waals surface area contributed by atoms with Gasteiger partial charge in [-0.1, -0.05) is 25.1 Å². The van der Waals surface area contributed by atoms with Gasteiger partial charge in [0.1, 0.15) is 17.9 Å². The number of aromatic nitrogens is 3. The zero-order valence-electron chi connectivity index (χ0n) is 18.4. The Kier molecular flexibility index (Phi) is 7.27. The number of hydrogen-bond acceptors (Lipinski definition) is 6. The number of anilines is 1. The van der Waals surface area contributed by atoms with E-state index >= 15 is 0 Å². The fraction of sp³-hybridized carbons (Fsp3) is 0.360. The lowest BCUT2D eigenvalue weighted by molar-refractivity contribution is -0.125. The first-order valence-electron chi connectivity index (χ1n) is 11.2. The maximum atomic E-state index is 12.5. The van der Waals surface area contributed by atoms with Crippen LogP contribution < -0.4 is 15.0 Å². The number of amides is 1. The number of nitrogens with zero attached hydrogens (tertiary/aromatic N) is 4. The summed E-state index contributed by atoms with van der Waals surface area (Å²) in [6.07, 6.45) is 8.52. The lowest BCUT2D eigenvalue weighted by Gasteiger charge is -2.32. The van der Waals surface area contributed by atoms with Gasteiger partial charge in [-0.2, -0.15) is 0 Å². The van der Waals surface area contributed by atoms with E-state index < -0.39 is 0 Å². The number of nitrogens with one attached hydrogen (secondary N) is 1. The third-order valence-corrected chi connectivity index (χ3v) is 5.81. The highest BCUT2D eigenvalue weighted by Crippen LogP contribution is 2.26. The van der Waals surface area contributed by atoms with Gasteiger partial charge in [0, 0.05) is 44.0 Å². The molecule has 7 heteroatoms. The molecule has 7 nitrogen and oxygen atoms in total. The van der Waals surface area contributed by atoms with Crippen LogP contribution in [0.15, 0.2) is 61.2 Å². The predicted octanol–water partition coefficient (Wildman–Crippen LogP) is 3.80. The lowest BCUT2D eigenvalue weighted by atomic mass is 9.96. The van der Waals surface area contributed by atoms with Gasteiger partial charge in [-0.25, -0.2) is 9.97 Å². The molecule has 4 rings (SSSR count). The normalized spacial score (nSPS) is 14.2. The first-order chi connectivity index (χ1) is 15.7. The van der Waals surface area contributed by atoms with Crippen LogP contribution in [0.5, 0.6) is 11.6 Å². The van der Waals surface area contributed by atoms with E-state index in [9.17, 15) is 4.79 Å². The van der Waals surface area contributed by atoms with Gasteiger partial charge in [0.05, 0.1) is 0 Å². The van der Waals surface area contributed by atoms with Crippen LogP contribution in [0.4, 0.5) is 5.82 Å². The monoisotopic (exact) mass is 431 g/mol. The number of aryl methyl sites for hydroxylation is 1. The van der Waals surface area contributed by atoms with Gasteiger partial charge in [0.25, 0.3) is 0 Å². The maximum absolute atomic E-state index is 12.5. The Labute approximate surface area is 188 Å². The van der Waals surface area contributed by atoms with E-state index in [1.165, 1.54) is 11.9 Å². The highest BCUT2D eigenvalue weighted by molar-refractivity contribution is 5.79. The maximum Gasteiger partial charge on any atom is 0.224 e. The molecule has 3 aromatic rings. The summed E-state index contributed by atoms with van der Waals surface area (Å²) in [4.78, 5) is 27.5. The van der Waals surface area contributed by atoms with Gasteiger partial charge in [0.15, 0.2) is 0 Å². The van der Waals surface area contributed by atoms with E-state index in [-0.39, 0.29) is 11.8 Å². The average molecular weight is 432 g/mol. The smallest absolute Gasteiger partial charge is 0.224 e. The Hall–Kier alpha value is -3.48. The Morgan fingerprint density at radius 1 is 1.12 bits per heavy atom. The molecule has 2 aromatic heterocycles. The van der Waals surface area contributed by atoms with Gasteiger partial charge in [-0.05, 0) is 55.0 Å². The molecule has 0 radical (unpaired) electrons. The zero-order valence-corrected chi connectivity index (χ0v) is 18.4. The summed E-state index contributed by atoms with van der Waals surface area (Å²) in [5, 5.41) is 3.07. The number of benzene rings is 1. The third kappa shape index (κ3) is 5.81. The molecule has 0 saturated carbocycles. The molecule has 0 spiro atoms. The molecular weight excluding hydrogens is 402 g/mol. The largest absolute Gasteiger partial charge is 0.439 e. The van der Waals surface area contributed by atoms with Crippen molar-refractivity contribution >= 4 is 11.7 Å². The van der Waals surface area contributed by atoms with Gasteiger partial charge >= 0.3 is 0 Å². The number of hydrogen-bond donors (Lipinski definition) is 1. The molecule has 1 aliphatic heterocycles. The second kappa shape index (κ2) is 10.7. The van der Waals surface area contributed by atoms with Gasteiger partial charge < -0.3 is 15.0 Å². The van der Waals surface area contributed by atoms with E-state index in [1.54, 1.807) is 6.20 Å². The van der Waals surface area contributed by atoms with E-state index in [1.807, 2.05) is 36.5 Å². The molecule has 0 unspecified atom stereocenters. The molecule has 1 aromatic carbocycles. The summed E-state index contributed by atoms with van der Waals surface area (Å²) < 4.78 is 5.90. The standard InChI is InChI=1S/C25H29N5O2/c1-2-19-5-7-22(8-6-19)32-24-16-23(28-18-29-24)30-14-10-21(11-15-30)25(31)27-13-9-20-4-3-12-26-17-20/h3-8,12,16-18,21H,2,9-11,13-15H2,1H3,(H,27,31). The van der Waals surface area contributed by atoms with Crippen LogP contribution in [0.3, 0.4) is 0 Å². The van der Waals surface area contributed by atoms with E-state index in [0.717, 1.165) is 55.9 Å². The molecule has 166 valence electrons. The molecule has 1 fully saturated rings. The van der Waals surface area contributed by atoms with Gasteiger partial charge in [-0.15, -0.1) is 0 Å². The Morgan fingerprint density at radius 2 is 1.94 bits per heavy atom. The molecule has 1 amide bonds. The number of carbonyl (C=O) groups is 1. The summed E-state index contributed by atoms with van der Waals surface area (Å²) in [6, 6.07) is 13.8. The lowest BCUT2D eigenvalue weighted by Crippen LogP contribution is -2.41. The Bertz CT molecular complexity index is 1000. The quantitative estimate of drug-likeness (QED) is 0.584. The predicted molar refractivity (Wildman–Crippen MR) is 124 cm³/mol. The van der Waals surface area contributed by atoms with Gasteiger partial charge in [-0.3, -0.25) is 9.78 Å². The fourth-order valence-corrected chi connectivity index (χ4v) is 3.86. The van der Waals surface area contributed by atoms with Crippen LogP contribution >= 0.6 is 0 Å². The average Bonchev–Trinajstić information content (AvgIpc) is 2.85. The minimum Gasteiger partial charge on any atom is -0.439 e. The van der Waals surface area contributed by atoms with Crippen LogP contribution in [-0.2, 0) is 17.6 Å². The number of pyridine rings is 1. The summed E-state index contributed by atoms with van der Waals surface area (Å²) in [6.45, 7) is 4.32. The topological polar surface area (TPSA) is 80.2 Å². The van der Waals surface area contributed by atoms with E-state index in [2.05, 4.69) is 44.2 Å². The van der Waals surface area contributed by atoms with Crippen molar-refractivity contribution in [3.8, 4) is 11.6 Å². The highest BCUT2D eigenvalue weighted by Gasteiger charge is 2.25. The molecule has 0 atom stereocenters. The molecule has 32 heavy (non-hydrogen) atoms. The Balaban J connectivity index is 1.26. The van der Waals surface area contributed by atoms with Gasteiger partial charge in [0.2, 0.25) is 11.8 Å². The number of piperidine rings is 1. The van der Waals surface area contributed by atoms with Crippen molar-refractivity contribution in [1.82, 2.24) is 20.3 Å². The third-order valence-electron chi connectivity index (χ3n) is 5.81. The van der Waals surface area contributed by atoms with E-state index in [0.29, 0.717) is 12.4 Å². The SMILES string of the molecule is CCc1ccc(Oc2cc(N3CCC(C(=O)NCCc4cccnc4)CC3)ncn2)cc1. The van der Waals surface area contributed by atoms with Crippen molar-refractivity contribution in [2.24, 2.45) is 5.92 Å². The summed E-state index contributed by atoms with van der Waals surface area (Å²) in [5.41, 5.74) is 2.40. The van der Waals surface area contributed by atoms with Crippen molar-refractivity contribution in [3.63, 3.8) is 0 Å². The van der Waals surface area contributed by atoms with Crippen molar-refractivity contribution < 1.29 is 9.53 Å². The number of ether oxygens (including phenoxy) is 1. The summed E-state index contributed by atoms with van der Waals surface area (Å²) >= 11 is 0. The molecule has 3 heterocycles. The fourth-order valence-electron chi connectivity index (χ4n) is 3.86. The van der Waals surface area contributed by atoms with Crippen molar-refractivity contribution in [2.45, 2.75) is 32.6 Å². The van der Waals surface area contributed by atoms with Crippen LogP contribution in [0, 0.1) is 5.92 Å². The van der Waals surface area contributed by atoms with Crippen LogP contribution in [-0.4, -0.2) is 40.5 Å². The van der Waals surface area contributed by atoms with Crippen LogP contribution in [0.25, 0.3) is 0 Å². The molecule has 0 aliphatic carbocycles. The molecule has 1 aliphatic rings. The minimum atomic E-state index is 0.0368. The molecule has 1 saturated heterocycles.